The third-order valence-electron chi connectivity index (χ3n) is 5.43. The first-order chi connectivity index (χ1) is 10.2. The Hall–Kier alpha value is -1.35. The van der Waals surface area contributed by atoms with E-state index in [9.17, 15) is 4.79 Å². The summed E-state index contributed by atoms with van der Waals surface area (Å²) in [7, 11) is 1.53. The molecule has 2 aliphatic rings. The summed E-state index contributed by atoms with van der Waals surface area (Å²) in [5.74, 6) is 1.01. The van der Waals surface area contributed by atoms with Crippen molar-refractivity contribution in [1.29, 1.82) is 0 Å². The highest BCUT2D eigenvalue weighted by Gasteiger charge is 2.55. The van der Waals surface area contributed by atoms with Crippen LogP contribution in [-0.4, -0.2) is 37.6 Å². The number of ether oxygens (including phenoxy) is 1. The van der Waals surface area contributed by atoms with E-state index in [-0.39, 0.29) is 11.4 Å². The van der Waals surface area contributed by atoms with Crippen molar-refractivity contribution in [2.45, 2.75) is 32.1 Å². The van der Waals surface area contributed by atoms with Gasteiger partial charge in [0, 0.05) is 19.6 Å². The molecule has 2 fully saturated rings. The van der Waals surface area contributed by atoms with Gasteiger partial charge in [0.25, 0.3) is 0 Å². The van der Waals surface area contributed by atoms with Crippen LogP contribution >= 0.6 is 0 Å². The Bertz CT molecular complexity index is 501. The van der Waals surface area contributed by atoms with Crippen LogP contribution in [0.25, 0.3) is 0 Å². The SMILES string of the molecule is COC(=O)[C@]12CCC[C@@H]1CN(C[C@H](C)c1ccccc1)C2. The highest BCUT2D eigenvalue weighted by atomic mass is 16.5. The molecular formula is C18H25NO2. The average molecular weight is 287 g/mol. The van der Waals surface area contributed by atoms with Crippen LogP contribution in [0, 0.1) is 11.3 Å². The number of nitrogens with zero attached hydrogens (tertiary/aromatic N) is 1. The van der Waals surface area contributed by atoms with Gasteiger partial charge in [-0.05, 0) is 30.2 Å². The van der Waals surface area contributed by atoms with Gasteiger partial charge in [-0.3, -0.25) is 4.79 Å². The summed E-state index contributed by atoms with van der Waals surface area (Å²) in [6.45, 7) is 5.22. The molecule has 114 valence electrons. The summed E-state index contributed by atoms with van der Waals surface area (Å²) in [5.41, 5.74) is 1.16. The molecule has 0 radical (unpaired) electrons. The molecule has 0 bridgehead atoms. The number of rotatable bonds is 4. The first-order valence-corrected chi connectivity index (χ1v) is 8.01. The van der Waals surface area contributed by atoms with E-state index in [0.717, 1.165) is 26.1 Å². The van der Waals surface area contributed by atoms with Crippen LogP contribution in [0.5, 0.6) is 0 Å². The minimum Gasteiger partial charge on any atom is -0.469 e. The zero-order valence-electron chi connectivity index (χ0n) is 13.0. The van der Waals surface area contributed by atoms with Crippen LogP contribution < -0.4 is 0 Å². The molecule has 1 aliphatic heterocycles. The van der Waals surface area contributed by atoms with Crippen LogP contribution in [0.2, 0.25) is 0 Å². The summed E-state index contributed by atoms with van der Waals surface area (Å²) in [6.07, 6.45) is 3.34. The van der Waals surface area contributed by atoms with Crippen molar-refractivity contribution < 1.29 is 9.53 Å². The molecule has 0 N–H and O–H groups in total. The lowest BCUT2D eigenvalue weighted by atomic mass is 9.81. The molecule has 1 aromatic rings. The van der Waals surface area contributed by atoms with Gasteiger partial charge >= 0.3 is 5.97 Å². The van der Waals surface area contributed by atoms with Gasteiger partial charge in [-0.15, -0.1) is 0 Å². The lowest BCUT2D eigenvalue weighted by Gasteiger charge is -2.26. The molecule has 0 unspecified atom stereocenters. The maximum Gasteiger partial charge on any atom is 0.313 e. The normalized spacial score (nSPS) is 30.1. The minimum absolute atomic E-state index is 0.0138. The summed E-state index contributed by atoms with van der Waals surface area (Å²) in [4.78, 5) is 14.7. The Labute approximate surface area is 127 Å². The smallest absolute Gasteiger partial charge is 0.313 e. The van der Waals surface area contributed by atoms with E-state index in [1.54, 1.807) is 0 Å². The van der Waals surface area contributed by atoms with Gasteiger partial charge in [-0.2, -0.15) is 0 Å². The van der Waals surface area contributed by atoms with E-state index >= 15 is 0 Å². The summed E-state index contributed by atoms with van der Waals surface area (Å²) in [5, 5.41) is 0. The molecule has 3 atom stereocenters. The number of hydrogen-bond acceptors (Lipinski definition) is 3. The molecule has 3 heteroatoms. The maximum atomic E-state index is 12.3. The molecule has 1 heterocycles. The van der Waals surface area contributed by atoms with Crippen molar-refractivity contribution >= 4 is 5.97 Å². The minimum atomic E-state index is -0.217. The van der Waals surface area contributed by atoms with Gasteiger partial charge in [0.1, 0.15) is 0 Å². The molecule has 3 rings (SSSR count). The van der Waals surface area contributed by atoms with Crippen LogP contribution in [0.15, 0.2) is 30.3 Å². The lowest BCUT2D eigenvalue weighted by Crippen LogP contribution is -2.37. The standard InChI is InChI=1S/C18H25NO2/c1-14(15-7-4-3-5-8-15)11-19-12-16-9-6-10-18(16,13-19)17(20)21-2/h3-5,7-8,14,16H,6,9-13H2,1-2H3/t14-,16+,18-/m0/s1. The summed E-state index contributed by atoms with van der Waals surface area (Å²) >= 11 is 0. The first kappa shape index (κ1) is 14.6. The van der Waals surface area contributed by atoms with E-state index in [0.29, 0.717) is 11.8 Å². The van der Waals surface area contributed by atoms with Crippen molar-refractivity contribution in [2.75, 3.05) is 26.7 Å². The number of benzene rings is 1. The fourth-order valence-electron chi connectivity index (χ4n) is 4.34. The van der Waals surface area contributed by atoms with Crippen molar-refractivity contribution in [3.63, 3.8) is 0 Å². The van der Waals surface area contributed by atoms with Gasteiger partial charge < -0.3 is 9.64 Å². The molecular weight excluding hydrogens is 262 g/mol. The van der Waals surface area contributed by atoms with Gasteiger partial charge in [-0.25, -0.2) is 0 Å². The molecule has 1 saturated heterocycles. The topological polar surface area (TPSA) is 29.5 Å². The summed E-state index contributed by atoms with van der Waals surface area (Å²) in [6, 6.07) is 10.6. The highest BCUT2D eigenvalue weighted by Crippen LogP contribution is 2.49. The highest BCUT2D eigenvalue weighted by molar-refractivity contribution is 5.78. The number of hydrogen-bond donors (Lipinski definition) is 0. The van der Waals surface area contributed by atoms with Crippen LogP contribution in [-0.2, 0) is 9.53 Å². The third-order valence-corrected chi connectivity index (χ3v) is 5.43. The fourth-order valence-corrected chi connectivity index (χ4v) is 4.34. The van der Waals surface area contributed by atoms with E-state index in [2.05, 4.69) is 42.2 Å². The molecule has 1 aromatic carbocycles. The van der Waals surface area contributed by atoms with E-state index in [1.165, 1.54) is 25.5 Å². The van der Waals surface area contributed by atoms with Gasteiger partial charge in [-0.1, -0.05) is 43.7 Å². The Morgan fingerprint density at radius 1 is 1.43 bits per heavy atom. The van der Waals surface area contributed by atoms with Crippen molar-refractivity contribution in [1.82, 2.24) is 4.90 Å². The molecule has 0 spiro atoms. The largest absolute Gasteiger partial charge is 0.469 e. The quantitative estimate of drug-likeness (QED) is 0.797. The Kier molecular flexibility index (Phi) is 4.03. The second kappa shape index (κ2) is 5.80. The number of carbonyl (C=O) groups excluding carboxylic acids is 1. The predicted octanol–water partition coefficient (Wildman–Crippen LogP) is 3.07. The van der Waals surface area contributed by atoms with Crippen molar-refractivity contribution in [2.24, 2.45) is 11.3 Å². The fraction of sp³-hybridized carbons (Fsp3) is 0.611. The van der Waals surface area contributed by atoms with E-state index in [1.807, 2.05) is 0 Å². The molecule has 0 amide bonds. The third kappa shape index (κ3) is 2.59. The van der Waals surface area contributed by atoms with Crippen LogP contribution in [0.4, 0.5) is 0 Å². The number of methoxy groups -OCH3 is 1. The zero-order chi connectivity index (χ0) is 14.9. The van der Waals surface area contributed by atoms with Crippen LogP contribution in [0.1, 0.15) is 37.7 Å². The number of likely N-dealkylation sites (tertiary alicyclic amines) is 1. The number of fused-ring (bicyclic) bond motifs is 1. The lowest BCUT2D eigenvalue weighted by molar-refractivity contribution is -0.153. The second-order valence-corrected chi connectivity index (χ2v) is 6.74. The van der Waals surface area contributed by atoms with Gasteiger partial charge in [0.15, 0.2) is 0 Å². The zero-order valence-corrected chi connectivity index (χ0v) is 13.0. The van der Waals surface area contributed by atoms with Crippen molar-refractivity contribution in [3.05, 3.63) is 35.9 Å². The molecule has 1 saturated carbocycles. The Morgan fingerprint density at radius 2 is 2.19 bits per heavy atom. The molecule has 3 nitrogen and oxygen atoms in total. The van der Waals surface area contributed by atoms with Gasteiger partial charge in [0.05, 0.1) is 12.5 Å². The van der Waals surface area contributed by atoms with Crippen molar-refractivity contribution in [3.8, 4) is 0 Å². The average Bonchev–Trinajstić information content (AvgIpc) is 3.04. The molecule has 21 heavy (non-hydrogen) atoms. The van der Waals surface area contributed by atoms with Crippen LogP contribution in [0.3, 0.4) is 0 Å². The van der Waals surface area contributed by atoms with E-state index < -0.39 is 0 Å². The first-order valence-electron chi connectivity index (χ1n) is 8.01. The second-order valence-electron chi connectivity index (χ2n) is 6.74. The number of esters is 1. The van der Waals surface area contributed by atoms with Gasteiger partial charge in [0.2, 0.25) is 0 Å². The molecule has 0 aromatic heterocycles. The Balaban J connectivity index is 1.68. The number of carbonyl (C=O) groups is 1. The summed E-state index contributed by atoms with van der Waals surface area (Å²) < 4.78 is 5.11. The predicted molar refractivity (Wildman–Crippen MR) is 83.1 cm³/mol. The Morgan fingerprint density at radius 3 is 2.90 bits per heavy atom. The van der Waals surface area contributed by atoms with E-state index in [4.69, 9.17) is 4.74 Å². The monoisotopic (exact) mass is 287 g/mol. The molecule has 1 aliphatic carbocycles. The maximum absolute atomic E-state index is 12.3.